The fourth-order valence-electron chi connectivity index (χ4n) is 4.24. The number of morpholine rings is 1. The van der Waals surface area contributed by atoms with Crippen molar-refractivity contribution in [3.05, 3.63) is 59.0 Å². The second-order valence-corrected chi connectivity index (χ2v) is 8.08. The van der Waals surface area contributed by atoms with Crippen LogP contribution < -0.4 is 4.90 Å². The summed E-state index contributed by atoms with van der Waals surface area (Å²) in [6, 6.07) is 9.38. The number of hydrogen-bond acceptors (Lipinski definition) is 5. The molecule has 0 saturated carbocycles. The molecule has 2 aliphatic heterocycles. The van der Waals surface area contributed by atoms with E-state index in [1.807, 2.05) is 0 Å². The summed E-state index contributed by atoms with van der Waals surface area (Å²) in [5.41, 5.74) is 0.710. The standard InChI is InChI=1S/C22H23ClN2O5/c23-16-6-4-15(5-7-16)19-18(20(26)17-3-1-12-30-17)21(27)22(28)25(19)9-2-8-24-10-13-29-14-11-24/h1,3-7,12,18-19H,2,8-11,13-14H2/p+1. The Kier molecular flexibility index (Phi) is 6.32. The van der Waals surface area contributed by atoms with Gasteiger partial charge in [0.2, 0.25) is 11.6 Å². The van der Waals surface area contributed by atoms with Crippen molar-refractivity contribution >= 4 is 29.1 Å². The average Bonchev–Trinajstić information content (AvgIpc) is 3.38. The number of ketones is 2. The lowest BCUT2D eigenvalue weighted by atomic mass is 9.88. The lowest BCUT2D eigenvalue weighted by Crippen LogP contribution is -3.14. The van der Waals surface area contributed by atoms with Gasteiger partial charge in [0.15, 0.2) is 5.76 Å². The van der Waals surface area contributed by atoms with Gasteiger partial charge in [-0.1, -0.05) is 23.7 Å². The highest BCUT2D eigenvalue weighted by molar-refractivity contribution is 6.43. The van der Waals surface area contributed by atoms with Crippen LogP contribution in [-0.4, -0.2) is 61.8 Å². The minimum Gasteiger partial charge on any atom is -0.461 e. The number of carbonyl (C=O) groups excluding carboxylic acids is 3. The van der Waals surface area contributed by atoms with Crippen LogP contribution in [0.1, 0.15) is 28.6 Å². The van der Waals surface area contributed by atoms with E-state index >= 15 is 0 Å². The number of likely N-dealkylation sites (tertiary alicyclic amines) is 1. The van der Waals surface area contributed by atoms with Crippen LogP contribution >= 0.6 is 11.6 Å². The number of nitrogens with one attached hydrogen (secondary N) is 1. The number of ether oxygens (including phenoxy) is 1. The van der Waals surface area contributed by atoms with Gasteiger partial charge in [0.25, 0.3) is 5.91 Å². The molecule has 2 fully saturated rings. The number of furan rings is 1. The number of carbonyl (C=O) groups is 3. The quantitative estimate of drug-likeness (QED) is 0.404. The number of nitrogens with zero attached hydrogens (tertiary/aromatic N) is 1. The molecule has 0 spiro atoms. The first-order valence-corrected chi connectivity index (χ1v) is 10.5. The molecule has 30 heavy (non-hydrogen) atoms. The fraction of sp³-hybridized carbons (Fsp3) is 0.409. The molecule has 1 N–H and O–H groups in total. The monoisotopic (exact) mass is 431 g/mol. The molecule has 2 saturated heterocycles. The van der Waals surface area contributed by atoms with E-state index in [4.69, 9.17) is 20.8 Å². The van der Waals surface area contributed by atoms with Gasteiger partial charge in [-0.15, -0.1) is 0 Å². The number of hydrogen-bond donors (Lipinski definition) is 1. The maximum Gasteiger partial charge on any atom is 0.291 e. The van der Waals surface area contributed by atoms with E-state index in [-0.39, 0.29) is 5.76 Å². The molecular formula is C22H24ClN2O5+. The minimum absolute atomic E-state index is 0.0831. The summed E-state index contributed by atoms with van der Waals surface area (Å²) >= 11 is 6.02. The van der Waals surface area contributed by atoms with E-state index < -0.39 is 29.4 Å². The van der Waals surface area contributed by atoms with E-state index in [0.717, 1.165) is 39.3 Å². The molecule has 4 rings (SSSR count). The number of benzene rings is 1. The van der Waals surface area contributed by atoms with E-state index in [1.54, 1.807) is 30.3 Å². The Morgan fingerprint density at radius 3 is 2.53 bits per heavy atom. The van der Waals surface area contributed by atoms with Crippen molar-refractivity contribution in [2.45, 2.75) is 12.5 Å². The third kappa shape index (κ3) is 4.19. The molecule has 2 aliphatic rings. The van der Waals surface area contributed by atoms with Crippen LogP contribution in [0.5, 0.6) is 0 Å². The molecule has 158 valence electrons. The predicted octanol–water partition coefficient (Wildman–Crippen LogP) is 1.19. The van der Waals surface area contributed by atoms with Gasteiger partial charge in [-0.2, -0.15) is 0 Å². The molecule has 3 heterocycles. The Morgan fingerprint density at radius 1 is 1.13 bits per heavy atom. The SMILES string of the molecule is O=C1C(=O)N(CCC[NH+]2CCOCC2)C(c2ccc(Cl)cc2)C1C(=O)c1ccco1. The van der Waals surface area contributed by atoms with Crippen LogP contribution in [0.2, 0.25) is 5.02 Å². The Morgan fingerprint density at radius 2 is 1.87 bits per heavy atom. The third-order valence-corrected chi connectivity index (χ3v) is 6.04. The summed E-state index contributed by atoms with van der Waals surface area (Å²) in [5, 5.41) is 0.547. The second kappa shape index (κ2) is 9.12. The van der Waals surface area contributed by atoms with Crippen LogP contribution in [0.4, 0.5) is 0 Å². The smallest absolute Gasteiger partial charge is 0.291 e. The van der Waals surface area contributed by atoms with E-state index in [2.05, 4.69) is 0 Å². The molecule has 1 aromatic carbocycles. The summed E-state index contributed by atoms with van der Waals surface area (Å²) in [6.07, 6.45) is 2.12. The molecule has 0 bridgehead atoms. The van der Waals surface area contributed by atoms with Gasteiger partial charge in [-0.05, 0) is 29.8 Å². The zero-order chi connectivity index (χ0) is 21.1. The molecule has 0 radical (unpaired) electrons. The van der Waals surface area contributed by atoms with Crippen molar-refractivity contribution in [1.82, 2.24) is 4.90 Å². The summed E-state index contributed by atoms with van der Waals surface area (Å²) in [6.45, 7) is 4.64. The number of halogens is 1. The summed E-state index contributed by atoms with van der Waals surface area (Å²) in [7, 11) is 0. The molecule has 1 aromatic heterocycles. The Hall–Kier alpha value is -2.48. The molecule has 8 heteroatoms. The summed E-state index contributed by atoms with van der Waals surface area (Å²) in [4.78, 5) is 41.7. The Balaban J connectivity index is 1.58. The van der Waals surface area contributed by atoms with Crippen LogP contribution in [0.3, 0.4) is 0 Å². The fourth-order valence-corrected chi connectivity index (χ4v) is 4.37. The van der Waals surface area contributed by atoms with Crippen LogP contribution in [0.15, 0.2) is 47.1 Å². The zero-order valence-electron chi connectivity index (χ0n) is 16.5. The average molecular weight is 432 g/mol. The van der Waals surface area contributed by atoms with Gasteiger partial charge in [0, 0.05) is 18.0 Å². The van der Waals surface area contributed by atoms with Gasteiger partial charge < -0.3 is 19.0 Å². The molecule has 7 nitrogen and oxygen atoms in total. The van der Waals surface area contributed by atoms with Crippen molar-refractivity contribution in [2.24, 2.45) is 5.92 Å². The largest absolute Gasteiger partial charge is 0.461 e. The molecule has 2 unspecified atom stereocenters. The zero-order valence-corrected chi connectivity index (χ0v) is 17.3. The number of amides is 1. The first kappa shape index (κ1) is 20.8. The highest BCUT2D eigenvalue weighted by Crippen LogP contribution is 2.38. The molecule has 2 atom stereocenters. The van der Waals surface area contributed by atoms with Crippen molar-refractivity contribution in [3.8, 4) is 0 Å². The van der Waals surface area contributed by atoms with Crippen LogP contribution in [0.25, 0.3) is 0 Å². The van der Waals surface area contributed by atoms with E-state index in [1.165, 1.54) is 22.1 Å². The minimum atomic E-state index is -1.12. The number of Topliss-reactive ketones (excluding diaryl/α,β-unsaturated/α-hetero) is 2. The number of quaternary nitrogens is 1. The Bertz CT molecular complexity index is 906. The molecule has 0 aliphatic carbocycles. The first-order valence-electron chi connectivity index (χ1n) is 10.2. The van der Waals surface area contributed by atoms with Gasteiger partial charge in [-0.25, -0.2) is 0 Å². The first-order chi connectivity index (χ1) is 14.6. The summed E-state index contributed by atoms with van der Waals surface area (Å²) in [5.74, 6) is -2.81. The van der Waals surface area contributed by atoms with E-state index in [9.17, 15) is 14.4 Å². The van der Waals surface area contributed by atoms with Crippen LogP contribution in [-0.2, 0) is 14.3 Å². The topological polar surface area (TPSA) is 81.3 Å². The summed E-state index contributed by atoms with van der Waals surface area (Å²) < 4.78 is 10.6. The maximum absolute atomic E-state index is 13.0. The van der Waals surface area contributed by atoms with Crippen molar-refractivity contribution in [3.63, 3.8) is 0 Å². The van der Waals surface area contributed by atoms with Crippen molar-refractivity contribution in [1.29, 1.82) is 0 Å². The second-order valence-electron chi connectivity index (χ2n) is 7.64. The van der Waals surface area contributed by atoms with Gasteiger partial charge in [0.05, 0.1) is 32.1 Å². The van der Waals surface area contributed by atoms with Crippen molar-refractivity contribution < 1.29 is 28.4 Å². The predicted molar refractivity (Wildman–Crippen MR) is 108 cm³/mol. The lowest BCUT2D eigenvalue weighted by Gasteiger charge is -2.28. The normalized spacial score (nSPS) is 22.6. The van der Waals surface area contributed by atoms with Crippen molar-refractivity contribution in [2.75, 3.05) is 39.4 Å². The van der Waals surface area contributed by atoms with Crippen LogP contribution in [0, 0.1) is 5.92 Å². The Labute approximate surface area is 179 Å². The molecule has 1 amide bonds. The van der Waals surface area contributed by atoms with Gasteiger partial charge in [0.1, 0.15) is 19.0 Å². The lowest BCUT2D eigenvalue weighted by molar-refractivity contribution is -0.908. The van der Waals surface area contributed by atoms with Gasteiger partial charge in [-0.3, -0.25) is 14.4 Å². The highest BCUT2D eigenvalue weighted by Gasteiger charge is 2.52. The molecule has 2 aromatic rings. The van der Waals surface area contributed by atoms with E-state index in [0.29, 0.717) is 17.1 Å². The molecular weight excluding hydrogens is 408 g/mol. The maximum atomic E-state index is 13.0. The number of rotatable bonds is 7. The van der Waals surface area contributed by atoms with Gasteiger partial charge >= 0.3 is 0 Å². The highest BCUT2D eigenvalue weighted by atomic mass is 35.5. The third-order valence-electron chi connectivity index (χ3n) is 5.79.